The quantitative estimate of drug-likeness (QED) is 0.759. The predicted molar refractivity (Wildman–Crippen MR) is 84.9 cm³/mol. The van der Waals surface area contributed by atoms with Crippen LogP contribution in [0.25, 0.3) is 0 Å². The van der Waals surface area contributed by atoms with Crippen molar-refractivity contribution < 1.29 is 22.7 Å². The summed E-state index contributed by atoms with van der Waals surface area (Å²) in [6.07, 6.45) is 1.54. The summed E-state index contributed by atoms with van der Waals surface area (Å²) in [5.41, 5.74) is 0.743. The Kier molecular flexibility index (Phi) is 6.57. The van der Waals surface area contributed by atoms with Crippen molar-refractivity contribution in [3.8, 4) is 5.75 Å². The number of carbonyl (C=O) groups is 1. The Hall–Kier alpha value is -2.12. The molecule has 1 unspecified atom stereocenters. The van der Waals surface area contributed by atoms with Crippen molar-refractivity contribution in [3.63, 3.8) is 0 Å². The number of furan rings is 1. The minimum atomic E-state index is -2.93. The molecule has 1 aromatic carbocycles. The lowest BCUT2D eigenvalue weighted by Crippen LogP contribution is -2.41. The number of carbonyl (C=O) groups excluding carboxylic acids is 1. The molecule has 0 saturated heterocycles. The molecule has 1 heterocycles. The molecule has 8 heteroatoms. The number of alkyl halides is 2. The van der Waals surface area contributed by atoms with Crippen LogP contribution < -0.4 is 15.4 Å². The monoisotopic (exact) mass is 358 g/mol. The van der Waals surface area contributed by atoms with Crippen molar-refractivity contribution in [3.05, 3.63) is 52.9 Å². The standard InChI is InChI=1S/C16H17ClF2N2O3/c1-10(15(22)21-9-12-3-2-6-23-12)20-8-11-4-5-14(13(17)7-11)24-16(18)19/h2-7,10,16,20H,8-9H2,1H3,(H,21,22). The van der Waals surface area contributed by atoms with E-state index in [-0.39, 0.29) is 16.7 Å². The van der Waals surface area contributed by atoms with Gasteiger partial charge in [0, 0.05) is 6.54 Å². The Morgan fingerprint density at radius 2 is 2.12 bits per heavy atom. The maximum absolute atomic E-state index is 12.2. The fourth-order valence-corrected chi connectivity index (χ4v) is 2.20. The molecule has 0 fully saturated rings. The zero-order valence-electron chi connectivity index (χ0n) is 12.9. The lowest BCUT2D eigenvalue weighted by atomic mass is 10.2. The van der Waals surface area contributed by atoms with Crippen molar-refractivity contribution in [1.29, 1.82) is 0 Å². The van der Waals surface area contributed by atoms with Gasteiger partial charge >= 0.3 is 6.61 Å². The third kappa shape index (κ3) is 5.50. The van der Waals surface area contributed by atoms with Crippen LogP contribution in [0.15, 0.2) is 41.0 Å². The van der Waals surface area contributed by atoms with Crippen LogP contribution in [-0.4, -0.2) is 18.6 Å². The van der Waals surface area contributed by atoms with Crippen molar-refractivity contribution in [2.75, 3.05) is 0 Å². The second-order valence-corrected chi connectivity index (χ2v) is 5.45. The molecule has 0 radical (unpaired) electrons. The van der Waals surface area contributed by atoms with Gasteiger partial charge in [-0.2, -0.15) is 8.78 Å². The smallest absolute Gasteiger partial charge is 0.387 e. The molecule has 0 aliphatic heterocycles. The Labute approximate surface area is 142 Å². The van der Waals surface area contributed by atoms with Crippen LogP contribution in [0.3, 0.4) is 0 Å². The number of nitrogens with one attached hydrogen (secondary N) is 2. The van der Waals surface area contributed by atoms with Gasteiger partial charge in [0.2, 0.25) is 5.91 Å². The zero-order valence-corrected chi connectivity index (χ0v) is 13.6. The maximum atomic E-state index is 12.2. The van der Waals surface area contributed by atoms with Crippen molar-refractivity contribution in [1.82, 2.24) is 10.6 Å². The summed E-state index contributed by atoms with van der Waals surface area (Å²) < 4.78 is 33.8. The summed E-state index contributed by atoms with van der Waals surface area (Å²) in [4.78, 5) is 12.0. The van der Waals surface area contributed by atoms with E-state index in [9.17, 15) is 13.6 Å². The normalized spacial score (nSPS) is 12.2. The highest BCUT2D eigenvalue weighted by molar-refractivity contribution is 6.32. The molecule has 0 aliphatic rings. The van der Waals surface area contributed by atoms with Gasteiger partial charge in [0.1, 0.15) is 11.5 Å². The zero-order chi connectivity index (χ0) is 17.5. The topological polar surface area (TPSA) is 63.5 Å². The molecule has 0 spiro atoms. The first-order valence-electron chi connectivity index (χ1n) is 7.22. The summed E-state index contributed by atoms with van der Waals surface area (Å²) in [7, 11) is 0. The van der Waals surface area contributed by atoms with E-state index in [0.29, 0.717) is 18.8 Å². The molecule has 0 saturated carbocycles. The average molecular weight is 359 g/mol. The molecule has 2 aromatic rings. The number of ether oxygens (including phenoxy) is 1. The minimum Gasteiger partial charge on any atom is -0.467 e. The number of hydrogen-bond acceptors (Lipinski definition) is 4. The second-order valence-electron chi connectivity index (χ2n) is 5.04. The lowest BCUT2D eigenvalue weighted by molar-refractivity contribution is -0.123. The summed E-state index contributed by atoms with van der Waals surface area (Å²) in [6.45, 7) is -0.551. The molecule has 1 aromatic heterocycles. The van der Waals surface area contributed by atoms with E-state index in [1.807, 2.05) is 0 Å². The number of halogens is 3. The molecule has 1 atom stereocenters. The van der Waals surface area contributed by atoms with E-state index in [0.717, 1.165) is 5.56 Å². The van der Waals surface area contributed by atoms with Crippen LogP contribution in [0.1, 0.15) is 18.2 Å². The van der Waals surface area contributed by atoms with E-state index >= 15 is 0 Å². The van der Waals surface area contributed by atoms with Gasteiger partial charge in [0.25, 0.3) is 0 Å². The highest BCUT2D eigenvalue weighted by Gasteiger charge is 2.13. The van der Waals surface area contributed by atoms with Crippen LogP contribution in [0.4, 0.5) is 8.78 Å². The molecule has 0 aliphatic carbocycles. The van der Waals surface area contributed by atoms with E-state index in [1.165, 1.54) is 18.4 Å². The van der Waals surface area contributed by atoms with Gasteiger partial charge in [-0.15, -0.1) is 0 Å². The Balaban J connectivity index is 1.81. The van der Waals surface area contributed by atoms with Gasteiger partial charge in [-0.25, -0.2) is 0 Å². The van der Waals surface area contributed by atoms with Gasteiger partial charge in [-0.3, -0.25) is 4.79 Å². The second kappa shape index (κ2) is 8.65. The fourth-order valence-electron chi connectivity index (χ4n) is 1.95. The number of hydrogen-bond donors (Lipinski definition) is 2. The highest BCUT2D eigenvalue weighted by Crippen LogP contribution is 2.26. The molecule has 0 bridgehead atoms. The highest BCUT2D eigenvalue weighted by atomic mass is 35.5. The SMILES string of the molecule is CC(NCc1ccc(OC(F)F)c(Cl)c1)C(=O)NCc1ccco1. The summed E-state index contributed by atoms with van der Waals surface area (Å²) >= 11 is 5.88. The van der Waals surface area contributed by atoms with Crippen LogP contribution in [-0.2, 0) is 17.9 Å². The molecule has 2 N–H and O–H groups in total. The molecule has 2 rings (SSSR count). The third-order valence-corrected chi connectivity index (χ3v) is 3.53. The summed E-state index contributed by atoms with van der Waals surface area (Å²) in [6, 6.07) is 7.55. The van der Waals surface area contributed by atoms with E-state index in [2.05, 4.69) is 15.4 Å². The largest absolute Gasteiger partial charge is 0.467 e. The molecular formula is C16H17ClF2N2O3. The first-order valence-corrected chi connectivity index (χ1v) is 7.60. The minimum absolute atomic E-state index is 0.0837. The van der Waals surface area contributed by atoms with Gasteiger partial charge in [-0.05, 0) is 36.8 Å². The van der Waals surface area contributed by atoms with Gasteiger partial charge < -0.3 is 19.8 Å². The number of amides is 1. The Morgan fingerprint density at radius 3 is 2.75 bits per heavy atom. The van der Waals surface area contributed by atoms with Crippen molar-refractivity contribution >= 4 is 17.5 Å². The van der Waals surface area contributed by atoms with Crippen LogP contribution in [0.5, 0.6) is 5.75 Å². The average Bonchev–Trinajstić information content (AvgIpc) is 3.05. The Morgan fingerprint density at radius 1 is 1.33 bits per heavy atom. The molecule has 5 nitrogen and oxygen atoms in total. The van der Waals surface area contributed by atoms with E-state index in [1.54, 1.807) is 25.1 Å². The van der Waals surface area contributed by atoms with Gasteiger partial charge in [-0.1, -0.05) is 17.7 Å². The first-order chi connectivity index (χ1) is 11.5. The van der Waals surface area contributed by atoms with E-state index < -0.39 is 12.7 Å². The van der Waals surface area contributed by atoms with Crippen LogP contribution in [0.2, 0.25) is 5.02 Å². The molecular weight excluding hydrogens is 342 g/mol. The molecule has 24 heavy (non-hydrogen) atoms. The number of benzene rings is 1. The van der Waals surface area contributed by atoms with E-state index in [4.69, 9.17) is 16.0 Å². The first kappa shape index (κ1) is 18.2. The third-order valence-electron chi connectivity index (χ3n) is 3.23. The van der Waals surface area contributed by atoms with Gasteiger partial charge in [0.05, 0.1) is 23.9 Å². The lowest BCUT2D eigenvalue weighted by Gasteiger charge is -2.14. The van der Waals surface area contributed by atoms with Crippen molar-refractivity contribution in [2.24, 2.45) is 0 Å². The van der Waals surface area contributed by atoms with Crippen LogP contribution >= 0.6 is 11.6 Å². The van der Waals surface area contributed by atoms with Gasteiger partial charge in [0.15, 0.2) is 0 Å². The number of rotatable bonds is 8. The molecule has 1 amide bonds. The fraction of sp³-hybridized carbons (Fsp3) is 0.312. The predicted octanol–water partition coefficient (Wildman–Crippen LogP) is 3.33. The molecule has 130 valence electrons. The summed E-state index contributed by atoms with van der Waals surface area (Å²) in [5, 5.41) is 5.85. The van der Waals surface area contributed by atoms with Crippen LogP contribution in [0, 0.1) is 0 Å². The Bertz CT molecular complexity index is 665. The van der Waals surface area contributed by atoms with Crippen molar-refractivity contribution in [2.45, 2.75) is 32.7 Å². The summed E-state index contributed by atoms with van der Waals surface area (Å²) in [5.74, 6) is 0.395. The maximum Gasteiger partial charge on any atom is 0.387 e.